The minimum atomic E-state index is -0.339. The zero-order valence-corrected chi connectivity index (χ0v) is 11.4. The van der Waals surface area contributed by atoms with Gasteiger partial charge in [0.1, 0.15) is 5.75 Å². The second-order valence-electron chi connectivity index (χ2n) is 4.61. The van der Waals surface area contributed by atoms with Crippen LogP contribution in [0.2, 0.25) is 0 Å². The van der Waals surface area contributed by atoms with E-state index in [1.165, 1.54) is 18.2 Å². The van der Waals surface area contributed by atoms with Crippen LogP contribution in [0.3, 0.4) is 0 Å². The molecule has 0 aliphatic heterocycles. The predicted octanol–water partition coefficient (Wildman–Crippen LogP) is 2.27. The van der Waals surface area contributed by atoms with Crippen molar-refractivity contribution in [2.24, 2.45) is 0 Å². The monoisotopic (exact) mass is 284 g/mol. The summed E-state index contributed by atoms with van der Waals surface area (Å²) in [6, 6.07) is 11.5. The van der Waals surface area contributed by atoms with Gasteiger partial charge < -0.3 is 15.3 Å². The van der Waals surface area contributed by atoms with Crippen molar-refractivity contribution in [1.29, 1.82) is 0 Å². The Bertz CT molecular complexity index is 657. The average molecular weight is 284 g/mol. The first-order valence-corrected chi connectivity index (χ1v) is 6.49. The summed E-state index contributed by atoms with van der Waals surface area (Å²) in [4.78, 5) is 12.1. The Kier molecular flexibility index (Phi) is 4.87. The van der Waals surface area contributed by atoms with Gasteiger partial charge in [-0.3, -0.25) is 4.79 Å². The molecule has 0 unspecified atom stereocenters. The smallest absolute Gasteiger partial charge is 0.189 e. The molecule has 0 aliphatic rings. The molecule has 0 saturated carbocycles. The lowest BCUT2D eigenvalue weighted by atomic mass is 10.0. The van der Waals surface area contributed by atoms with Gasteiger partial charge in [-0.25, -0.2) is 0 Å². The van der Waals surface area contributed by atoms with E-state index in [-0.39, 0.29) is 30.3 Å². The predicted molar refractivity (Wildman–Crippen MR) is 79.8 cm³/mol. The third-order valence-electron chi connectivity index (χ3n) is 3.10. The number of aliphatic hydroxyl groups is 2. The number of aromatic hydroxyl groups is 1. The number of allylic oxidation sites excluding steroid dienone is 1. The lowest BCUT2D eigenvalue weighted by molar-refractivity contribution is 0.104. The van der Waals surface area contributed by atoms with E-state index in [1.54, 1.807) is 36.4 Å². The second-order valence-corrected chi connectivity index (χ2v) is 4.61. The number of ketones is 1. The minimum Gasteiger partial charge on any atom is -0.507 e. The van der Waals surface area contributed by atoms with E-state index in [2.05, 4.69) is 0 Å². The van der Waals surface area contributed by atoms with Crippen LogP contribution < -0.4 is 0 Å². The first-order valence-electron chi connectivity index (χ1n) is 6.49. The lowest BCUT2D eigenvalue weighted by Gasteiger charge is -2.03. The van der Waals surface area contributed by atoms with Crippen molar-refractivity contribution in [3.05, 3.63) is 70.8 Å². The quantitative estimate of drug-likeness (QED) is 0.581. The molecule has 0 amide bonds. The molecule has 0 radical (unpaired) electrons. The number of benzene rings is 2. The lowest BCUT2D eigenvalue weighted by Crippen LogP contribution is -1.97. The molecule has 2 rings (SSSR count). The Morgan fingerprint density at radius 2 is 1.57 bits per heavy atom. The molecule has 0 fully saturated rings. The topological polar surface area (TPSA) is 77.8 Å². The fourth-order valence-corrected chi connectivity index (χ4v) is 1.87. The van der Waals surface area contributed by atoms with E-state index in [9.17, 15) is 9.90 Å². The van der Waals surface area contributed by atoms with Gasteiger partial charge in [0.2, 0.25) is 0 Å². The first-order chi connectivity index (χ1) is 10.1. The number of hydrogen-bond donors (Lipinski definition) is 3. The fourth-order valence-electron chi connectivity index (χ4n) is 1.87. The van der Waals surface area contributed by atoms with E-state index in [1.807, 2.05) is 0 Å². The van der Waals surface area contributed by atoms with Crippen molar-refractivity contribution >= 4 is 11.9 Å². The Labute approximate surface area is 122 Å². The molecule has 21 heavy (non-hydrogen) atoms. The summed E-state index contributed by atoms with van der Waals surface area (Å²) >= 11 is 0. The van der Waals surface area contributed by atoms with Crippen LogP contribution in [0.15, 0.2) is 48.5 Å². The van der Waals surface area contributed by atoms with Gasteiger partial charge in [0.25, 0.3) is 0 Å². The highest BCUT2D eigenvalue weighted by Crippen LogP contribution is 2.20. The van der Waals surface area contributed by atoms with Crippen molar-refractivity contribution in [3.8, 4) is 5.75 Å². The zero-order chi connectivity index (χ0) is 15.2. The average Bonchev–Trinajstić information content (AvgIpc) is 2.53. The normalized spacial score (nSPS) is 11.0. The van der Waals surface area contributed by atoms with Crippen molar-refractivity contribution in [2.75, 3.05) is 0 Å². The van der Waals surface area contributed by atoms with Gasteiger partial charge in [-0.1, -0.05) is 36.4 Å². The highest BCUT2D eigenvalue weighted by Gasteiger charge is 2.09. The van der Waals surface area contributed by atoms with E-state index in [0.717, 1.165) is 11.1 Å². The number of aliphatic hydroxyl groups excluding tert-OH is 2. The highest BCUT2D eigenvalue weighted by molar-refractivity contribution is 6.08. The molecule has 108 valence electrons. The maximum Gasteiger partial charge on any atom is 0.189 e. The summed E-state index contributed by atoms with van der Waals surface area (Å²) in [5.74, 6) is -0.452. The first kappa shape index (κ1) is 15.0. The SMILES string of the molecule is O=C(/C=C/c1ccc(CO)cc1)c1cc(CO)ccc1O. The molecule has 0 heterocycles. The number of phenolic OH excluding ortho intramolecular Hbond substituents is 1. The van der Waals surface area contributed by atoms with E-state index in [0.29, 0.717) is 5.56 Å². The number of hydrogen-bond acceptors (Lipinski definition) is 4. The van der Waals surface area contributed by atoms with Crippen molar-refractivity contribution in [2.45, 2.75) is 13.2 Å². The summed E-state index contributed by atoms with van der Waals surface area (Å²) in [5.41, 5.74) is 2.34. The van der Waals surface area contributed by atoms with E-state index in [4.69, 9.17) is 10.2 Å². The van der Waals surface area contributed by atoms with Crippen molar-refractivity contribution in [1.82, 2.24) is 0 Å². The van der Waals surface area contributed by atoms with E-state index >= 15 is 0 Å². The zero-order valence-electron chi connectivity index (χ0n) is 11.4. The summed E-state index contributed by atoms with van der Waals surface area (Å²) in [7, 11) is 0. The maximum atomic E-state index is 12.1. The number of carbonyl (C=O) groups excluding carboxylic acids is 1. The molecule has 0 saturated heterocycles. The molecule has 2 aromatic rings. The van der Waals surface area contributed by atoms with Crippen LogP contribution in [0.1, 0.15) is 27.0 Å². The molecule has 0 bridgehead atoms. The summed E-state index contributed by atoms with van der Waals surface area (Å²) < 4.78 is 0. The fraction of sp³-hybridized carbons (Fsp3) is 0.118. The molecule has 0 aromatic heterocycles. The second kappa shape index (κ2) is 6.83. The third kappa shape index (κ3) is 3.78. The maximum absolute atomic E-state index is 12.1. The van der Waals surface area contributed by atoms with Gasteiger partial charge in [-0.15, -0.1) is 0 Å². The Balaban J connectivity index is 2.18. The molecular formula is C17H16O4. The standard InChI is InChI=1S/C17H16O4/c18-10-13-3-1-12(2-4-13)5-7-16(20)15-9-14(11-19)6-8-17(15)21/h1-9,18-19,21H,10-11H2/b7-5+. The van der Waals surface area contributed by atoms with E-state index < -0.39 is 0 Å². The molecule has 2 aromatic carbocycles. The third-order valence-corrected chi connectivity index (χ3v) is 3.10. The molecule has 0 aliphatic carbocycles. The Hall–Kier alpha value is -2.43. The van der Waals surface area contributed by atoms with Gasteiger partial charge in [0.15, 0.2) is 5.78 Å². The Morgan fingerprint density at radius 3 is 2.19 bits per heavy atom. The van der Waals surface area contributed by atoms with Gasteiger partial charge in [0, 0.05) is 0 Å². The molecule has 0 spiro atoms. The number of phenols is 1. The molecular weight excluding hydrogens is 268 g/mol. The van der Waals surface area contributed by atoms with Gasteiger partial charge in [-0.2, -0.15) is 0 Å². The minimum absolute atomic E-state index is 0.0231. The summed E-state index contributed by atoms with van der Waals surface area (Å²) in [6.45, 7) is -0.211. The summed E-state index contributed by atoms with van der Waals surface area (Å²) in [5, 5.41) is 27.7. The van der Waals surface area contributed by atoms with Crippen LogP contribution in [-0.2, 0) is 13.2 Å². The van der Waals surface area contributed by atoms with Crippen LogP contribution in [-0.4, -0.2) is 21.1 Å². The molecule has 4 heteroatoms. The Morgan fingerprint density at radius 1 is 0.952 bits per heavy atom. The van der Waals surface area contributed by atoms with Gasteiger partial charge in [0.05, 0.1) is 18.8 Å². The number of carbonyl (C=O) groups is 1. The molecule has 0 atom stereocenters. The van der Waals surface area contributed by atoms with Crippen LogP contribution in [0.25, 0.3) is 6.08 Å². The van der Waals surface area contributed by atoms with Crippen LogP contribution >= 0.6 is 0 Å². The van der Waals surface area contributed by atoms with Crippen LogP contribution in [0.4, 0.5) is 0 Å². The van der Waals surface area contributed by atoms with Crippen LogP contribution in [0.5, 0.6) is 5.75 Å². The van der Waals surface area contributed by atoms with Crippen LogP contribution in [0, 0.1) is 0 Å². The highest BCUT2D eigenvalue weighted by atomic mass is 16.3. The molecule has 4 nitrogen and oxygen atoms in total. The number of rotatable bonds is 5. The van der Waals surface area contributed by atoms with Crippen molar-refractivity contribution < 1.29 is 20.1 Å². The van der Waals surface area contributed by atoms with Gasteiger partial charge >= 0.3 is 0 Å². The van der Waals surface area contributed by atoms with Gasteiger partial charge in [-0.05, 0) is 34.9 Å². The summed E-state index contributed by atoms with van der Waals surface area (Å²) in [6.07, 6.45) is 3.00. The largest absolute Gasteiger partial charge is 0.507 e. The van der Waals surface area contributed by atoms with Crippen molar-refractivity contribution in [3.63, 3.8) is 0 Å². The molecule has 3 N–H and O–H groups in total.